The van der Waals surface area contributed by atoms with Crippen LogP contribution in [0.3, 0.4) is 0 Å². The monoisotopic (exact) mass is 405 g/mol. The number of benzene rings is 1. The van der Waals surface area contributed by atoms with E-state index in [9.17, 15) is 9.59 Å². The van der Waals surface area contributed by atoms with Gasteiger partial charge in [-0.3, -0.25) is 24.5 Å². The summed E-state index contributed by atoms with van der Waals surface area (Å²) < 4.78 is 0. The first-order valence-corrected chi connectivity index (χ1v) is 10.3. The van der Waals surface area contributed by atoms with Crippen LogP contribution >= 0.6 is 0 Å². The smallest absolute Gasteiger partial charge is 0.259 e. The lowest BCUT2D eigenvalue weighted by Crippen LogP contribution is -2.56. The minimum Gasteiger partial charge on any atom is -0.377 e. The number of anilines is 2. The first-order chi connectivity index (χ1) is 14.3. The molecule has 1 N–H and O–H groups in total. The Morgan fingerprint density at radius 2 is 2.07 bits per heavy atom. The Morgan fingerprint density at radius 1 is 1.30 bits per heavy atom. The number of nitrogens with zero attached hydrogens (tertiary/aromatic N) is 4. The summed E-state index contributed by atoms with van der Waals surface area (Å²) in [5, 5.41) is 3.43. The van der Waals surface area contributed by atoms with Crippen molar-refractivity contribution in [2.24, 2.45) is 4.99 Å². The van der Waals surface area contributed by atoms with Gasteiger partial charge in [0.2, 0.25) is 5.91 Å². The van der Waals surface area contributed by atoms with E-state index in [0.717, 1.165) is 22.5 Å². The molecule has 0 unspecified atom stereocenters. The summed E-state index contributed by atoms with van der Waals surface area (Å²) in [6.45, 7) is 7.35. The van der Waals surface area contributed by atoms with Crippen molar-refractivity contribution >= 4 is 29.4 Å². The van der Waals surface area contributed by atoms with Crippen LogP contribution in [0.2, 0.25) is 0 Å². The van der Waals surface area contributed by atoms with Gasteiger partial charge in [0.25, 0.3) is 5.91 Å². The molecule has 0 aliphatic carbocycles. The van der Waals surface area contributed by atoms with Crippen LogP contribution in [0.1, 0.15) is 48.7 Å². The molecule has 3 heterocycles. The topological polar surface area (TPSA) is 77.9 Å². The summed E-state index contributed by atoms with van der Waals surface area (Å²) in [6, 6.07) is 7.98. The van der Waals surface area contributed by atoms with Gasteiger partial charge in [-0.05, 0) is 43.2 Å². The van der Waals surface area contributed by atoms with Gasteiger partial charge in [-0.2, -0.15) is 0 Å². The first kappa shape index (κ1) is 20.1. The van der Waals surface area contributed by atoms with Gasteiger partial charge in [-0.1, -0.05) is 13.0 Å². The number of carbonyl (C=O) groups excluding carboxylic acids is 2. The van der Waals surface area contributed by atoms with E-state index >= 15 is 0 Å². The molecule has 30 heavy (non-hydrogen) atoms. The van der Waals surface area contributed by atoms with Gasteiger partial charge in [0.1, 0.15) is 0 Å². The van der Waals surface area contributed by atoms with E-state index in [4.69, 9.17) is 0 Å². The number of amides is 2. The number of carbonyl (C=O) groups is 2. The molecule has 7 nitrogen and oxygen atoms in total. The summed E-state index contributed by atoms with van der Waals surface area (Å²) in [6.07, 6.45) is 5.80. The largest absolute Gasteiger partial charge is 0.377 e. The van der Waals surface area contributed by atoms with E-state index < -0.39 is 5.54 Å². The van der Waals surface area contributed by atoms with Crippen LogP contribution in [0, 0.1) is 0 Å². The summed E-state index contributed by atoms with van der Waals surface area (Å²) in [5.74, 6) is 0.145. The highest BCUT2D eigenvalue weighted by Gasteiger charge is 2.44. The molecule has 1 aromatic heterocycles. The van der Waals surface area contributed by atoms with Gasteiger partial charge in [0.05, 0.1) is 35.3 Å². The zero-order valence-corrected chi connectivity index (χ0v) is 17.8. The number of hydrogen-bond donors (Lipinski definition) is 1. The van der Waals surface area contributed by atoms with Gasteiger partial charge < -0.3 is 10.2 Å². The number of pyridine rings is 1. The predicted octanol–water partition coefficient (Wildman–Crippen LogP) is 3.06. The Labute approximate surface area is 176 Å². The molecule has 0 bridgehead atoms. The molecule has 0 spiro atoms. The second-order valence-corrected chi connectivity index (χ2v) is 8.32. The lowest BCUT2D eigenvalue weighted by atomic mass is 9.92. The van der Waals surface area contributed by atoms with Gasteiger partial charge >= 0.3 is 0 Å². The van der Waals surface area contributed by atoms with Crippen molar-refractivity contribution in [2.45, 2.75) is 38.8 Å². The van der Waals surface area contributed by atoms with E-state index in [2.05, 4.69) is 15.3 Å². The maximum atomic E-state index is 13.2. The fraction of sp³-hybridized carbons (Fsp3) is 0.391. The van der Waals surface area contributed by atoms with Crippen LogP contribution in [0.4, 0.5) is 11.4 Å². The number of nitrogens with one attached hydrogen (secondary N) is 1. The third-order valence-corrected chi connectivity index (χ3v) is 5.86. The van der Waals surface area contributed by atoms with E-state index in [1.807, 2.05) is 49.9 Å². The Hall–Kier alpha value is -3.22. The number of aliphatic imine (C=N–C) groups is 1. The highest BCUT2D eigenvalue weighted by Crippen LogP contribution is 2.42. The van der Waals surface area contributed by atoms with Crippen molar-refractivity contribution < 1.29 is 9.59 Å². The fourth-order valence-corrected chi connectivity index (χ4v) is 4.28. The van der Waals surface area contributed by atoms with Crippen molar-refractivity contribution in [3.8, 4) is 0 Å². The van der Waals surface area contributed by atoms with Crippen molar-refractivity contribution in [3.05, 3.63) is 53.3 Å². The Kier molecular flexibility index (Phi) is 5.05. The van der Waals surface area contributed by atoms with Crippen molar-refractivity contribution in [2.75, 3.05) is 30.4 Å². The average Bonchev–Trinajstić information content (AvgIpc) is 2.89. The second-order valence-electron chi connectivity index (χ2n) is 8.32. The van der Waals surface area contributed by atoms with Crippen molar-refractivity contribution in [1.82, 2.24) is 9.88 Å². The molecule has 2 aromatic rings. The van der Waals surface area contributed by atoms with Crippen LogP contribution in [0.25, 0.3) is 0 Å². The number of fused-ring (bicyclic) bond motifs is 1. The Bertz CT molecular complexity index is 1020. The van der Waals surface area contributed by atoms with Gasteiger partial charge in [0.15, 0.2) is 0 Å². The molecule has 0 radical (unpaired) electrons. The maximum Gasteiger partial charge on any atom is 0.259 e. The van der Waals surface area contributed by atoms with Crippen LogP contribution in [0.5, 0.6) is 0 Å². The van der Waals surface area contributed by atoms with Crippen LogP contribution in [0.15, 0.2) is 41.7 Å². The summed E-state index contributed by atoms with van der Waals surface area (Å²) >= 11 is 0. The van der Waals surface area contributed by atoms with Crippen LogP contribution < -0.4 is 10.2 Å². The zero-order valence-electron chi connectivity index (χ0n) is 17.8. The quantitative estimate of drug-likeness (QED) is 0.776. The Balaban J connectivity index is 1.56. The molecule has 7 heteroatoms. The molecule has 1 saturated heterocycles. The molecule has 1 fully saturated rings. The predicted molar refractivity (Wildman–Crippen MR) is 118 cm³/mol. The van der Waals surface area contributed by atoms with Gasteiger partial charge in [-0.15, -0.1) is 0 Å². The third-order valence-electron chi connectivity index (χ3n) is 5.86. The maximum absolute atomic E-state index is 13.2. The lowest BCUT2D eigenvalue weighted by molar-refractivity contribution is -0.134. The van der Waals surface area contributed by atoms with Crippen molar-refractivity contribution in [3.63, 3.8) is 0 Å². The van der Waals surface area contributed by atoms with Crippen LogP contribution in [-0.2, 0) is 10.3 Å². The molecule has 156 valence electrons. The molecule has 1 aromatic carbocycles. The molecule has 0 saturated carbocycles. The van der Waals surface area contributed by atoms with Crippen LogP contribution in [-0.4, -0.2) is 54.1 Å². The average molecular weight is 406 g/mol. The number of hydrogen-bond acceptors (Lipinski definition) is 5. The van der Waals surface area contributed by atoms with E-state index in [1.54, 1.807) is 30.6 Å². The summed E-state index contributed by atoms with van der Waals surface area (Å²) in [4.78, 5) is 37.1. The summed E-state index contributed by atoms with van der Waals surface area (Å²) in [7, 11) is 1.74. The van der Waals surface area contributed by atoms with Gasteiger partial charge in [-0.25, -0.2) is 0 Å². The standard InChI is InChI=1S/C23H27N5O2/c1-5-21(29)27-13-17(14-27)26-16-9-18(12-25-11-16)28-22(30)19-7-6-15(10-24-4)8-20(19)23(28,2)3/h6-12,17,26H,5,13-14H2,1-4H3/b24-10+. The normalized spacial score (nSPS) is 17.9. The van der Waals surface area contributed by atoms with Crippen molar-refractivity contribution in [1.29, 1.82) is 0 Å². The molecule has 4 rings (SSSR count). The first-order valence-electron chi connectivity index (χ1n) is 10.3. The van der Waals surface area contributed by atoms with E-state index in [1.165, 1.54) is 0 Å². The highest BCUT2D eigenvalue weighted by atomic mass is 16.2. The third kappa shape index (κ3) is 3.34. The second kappa shape index (κ2) is 7.55. The highest BCUT2D eigenvalue weighted by molar-refractivity contribution is 6.12. The number of likely N-dealkylation sites (tertiary alicyclic amines) is 1. The molecule has 2 amide bonds. The zero-order chi connectivity index (χ0) is 21.5. The minimum absolute atomic E-state index is 0.0303. The minimum atomic E-state index is -0.509. The lowest BCUT2D eigenvalue weighted by Gasteiger charge is -2.40. The van der Waals surface area contributed by atoms with E-state index in [0.29, 0.717) is 25.1 Å². The Morgan fingerprint density at radius 3 is 2.77 bits per heavy atom. The summed E-state index contributed by atoms with van der Waals surface area (Å²) in [5.41, 5.74) is 3.75. The SMILES string of the molecule is CCC(=O)N1CC(Nc2cncc(N3C(=O)c4ccc(/C=N/C)cc4C3(C)C)c2)C1. The van der Waals surface area contributed by atoms with E-state index in [-0.39, 0.29) is 17.9 Å². The molecule has 0 atom stereocenters. The molecular weight excluding hydrogens is 378 g/mol. The fourth-order valence-electron chi connectivity index (χ4n) is 4.28. The molecule has 2 aliphatic rings. The molecule has 2 aliphatic heterocycles. The number of aromatic nitrogens is 1. The molecular formula is C23H27N5O2. The van der Waals surface area contributed by atoms with Gasteiger partial charge in [0, 0.05) is 38.3 Å². The number of rotatable bonds is 5.